The summed E-state index contributed by atoms with van der Waals surface area (Å²) in [7, 11) is -4.67. The van der Waals surface area contributed by atoms with Gasteiger partial charge in [0.1, 0.15) is 5.03 Å². The van der Waals surface area contributed by atoms with E-state index in [1.54, 1.807) is 24.2 Å². The Balaban J connectivity index is 0.000000471. The lowest BCUT2D eigenvalue weighted by Crippen LogP contribution is -2.48. The summed E-state index contributed by atoms with van der Waals surface area (Å²) < 4.78 is 31.6. The van der Waals surface area contributed by atoms with Gasteiger partial charge in [-0.05, 0) is 48.3 Å². The number of rotatable bonds is 4. The lowest BCUT2D eigenvalue weighted by Gasteiger charge is -2.47. The molecule has 1 aromatic heterocycles. The van der Waals surface area contributed by atoms with Crippen LogP contribution in [0, 0.1) is 17.8 Å². The first-order valence-corrected chi connectivity index (χ1v) is 12.9. The summed E-state index contributed by atoms with van der Waals surface area (Å²) >= 11 is 1.65. The second-order valence-electron chi connectivity index (χ2n) is 8.62. The number of hydrogen-bond donors (Lipinski definition) is 4. The minimum atomic E-state index is -4.67. The van der Waals surface area contributed by atoms with Gasteiger partial charge in [-0.25, -0.2) is 9.97 Å². The molecule has 178 valence electrons. The summed E-state index contributed by atoms with van der Waals surface area (Å²) in [6.45, 7) is 2.95. The minimum absolute atomic E-state index is 0.337. The van der Waals surface area contributed by atoms with Gasteiger partial charge in [-0.1, -0.05) is 24.2 Å². The van der Waals surface area contributed by atoms with E-state index in [1.807, 2.05) is 0 Å². The zero-order valence-electron chi connectivity index (χ0n) is 17.8. The third-order valence-electron chi connectivity index (χ3n) is 6.33. The number of nitrogens with one attached hydrogen (secondary N) is 1. The molecular formula is C21H26N4O6S2. The van der Waals surface area contributed by atoms with Crippen molar-refractivity contribution >= 4 is 39.6 Å². The van der Waals surface area contributed by atoms with Crippen molar-refractivity contribution < 1.29 is 27.4 Å². The van der Waals surface area contributed by atoms with Crippen LogP contribution in [0.15, 0.2) is 40.5 Å². The molecule has 5 rings (SSSR count). The second kappa shape index (κ2) is 9.94. The Bertz CT molecular complexity index is 1110. The maximum Gasteiger partial charge on any atom is 0.394 e. The van der Waals surface area contributed by atoms with Crippen molar-refractivity contribution in [3.63, 3.8) is 0 Å². The van der Waals surface area contributed by atoms with Crippen molar-refractivity contribution in [2.24, 2.45) is 17.8 Å². The fourth-order valence-corrected chi connectivity index (χ4v) is 6.03. The van der Waals surface area contributed by atoms with Gasteiger partial charge in [0.05, 0.1) is 5.69 Å². The quantitative estimate of drug-likeness (QED) is 0.395. The Kier molecular flexibility index (Phi) is 7.19. The average Bonchev–Trinajstić information content (AvgIpc) is 2.71. The van der Waals surface area contributed by atoms with E-state index in [4.69, 9.17) is 17.5 Å². The van der Waals surface area contributed by atoms with Crippen molar-refractivity contribution in [3.05, 3.63) is 36.2 Å². The van der Waals surface area contributed by atoms with E-state index in [9.17, 15) is 9.90 Å². The predicted octanol–water partition coefficient (Wildman–Crippen LogP) is 3.35. The minimum Gasteiger partial charge on any atom is -0.481 e. The molecule has 2 unspecified atom stereocenters. The van der Waals surface area contributed by atoms with Gasteiger partial charge in [-0.2, -0.15) is 8.42 Å². The highest BCUT2D eigenvalue weighted by Gasteiger charge is 2.40. The van der Waals surface area contributed by atoms with Gasteiger partial charge in [0.25, 0.3) is 0 Å². The number of fused-ring (bicyclic) bond motifs is 4. The molecule has 1 aliphatic carbocycles. The van der Waals surface area contributed by atoms with Gasteiger partial charge < -0.3 is 10.4 Å². The van der Waals surface area contributed by atoms with E-state index >= 15 is 0 Å². The number of piperidine rings is 1. The molecule has 10 nitrogen and oxygen atoms in total. The summed E-state index contributed by atoms with van der Waals surface area (Å²) in [6.07, 6.45) is 7.36. The van der Waals surface area contributed by atoms with Crippen LogP contribution in [0.4, 0.5) is 11.5 Å². The molecule has 2 bridgehead atoms. The van der Waals surface area contributed by atoms with Crippen LogP contribution >= 0.6 is 11.8 Å². The van der Waals surface area contributed by atoms with Crippen LogP contribution in [0.1, 0.15) is 31.2 Å². The number of aliphatic carboxylic acids is 1. The van der Waals surface area contributed by atoms with Crippen LogP contribution in [-0.4, -0.2) is 56.6 Å². The zero-order chi connectivity index (χ0) is 23.6. The van der Waals surface area contributed by atoms with E-state index in [0.717, 1.165) is 36.2 Å². The van der Waals surface area contributed by atoms with Crippen molar-refractivity contribution in [2.75, 3.05) is 18.4 Å². The number of likely N-dealkylation sites (tertiary alicyclic amines) is 1. The standard InChI is InChI=1S/C21H24N4O2S.H2O4S/c26-19(27)9-16-14-2-1-3-15(16)12-25(11-14)10-13-4-5-18-17(8-13)24-20-21(28-18)23-7-6-22-20;1-5(2,3)4/h4-8,14-16H,1-3,9-12H2,(H,22,24)(H,26,27);(H2,1,2,3,4). The SMILES string of the molecule is O=C(O)CC1C2CCCC1CN(Cc1ccc3c(c1)Nc1nccnc1S3)C2.O=S(=O)(O)O. The maximum atomic E-state index is 11.3. The number of aromatic nitrogens is 2. The number of anilines is 2. The highest BCUT2D eigenvalue weighted by atomic mass is 32.3. The van der Waals surface area contributed by atoms with Crippen LogP contribution in [-0.2, 0) is 21.7 Å². The summed E-state index contributed by atoms with van der Waals surface area (Å²) in [4.78, 5) is 23.7. The Morgan fingerprint density at radius 1 is 1.15 bits per heavy atom. The van der Waals surface area contributed by atoms with Gasteiger partial charge in [0.2, 0.25) is 0 Å². The van der Waals surface area contributed by atoms with Crippen molar-refractivity contribution in [1.29, 1.82) is 0 Å². The molecule has 1 saturated carbocycles. The fraction of sp³-hybridized carbons (Fsp3) is 0.476. The molecule has 2 aromatic rings. The number of hydrogen-bond acceptors (Lipinski definition) is 8. The molecule has 1 saturated heterocycles. The monoisotopic (exact) mass is 494 g/mol. The Labute approximate surface area is 196 Å². The highest BCUT2D eigenvalue weighted by Crippen LogP contribution is 2.44. The lowest BCUT2D eigenvalue weighted by molar-refractivity contribution is -0.140. The maximum absolute atomic E-state index is 11.3. The zero-order valence-corrected chi connectivity index (χ0v) is 19.4. The average molecular weight is 495 g/mol. The highest BCUT2D eigenvalue weighted by molar-refractivity contribution is 7.99. The molecule has 3 aliphatic rings. The molecule has 0 amide bonds. The van der Waals surface area contributed by atoms with E-state index in [1.165, 1.54) is 29.7 Å². The molecular weight excluding hydrogens is 468 g/mol. The first-order valence-electron chi connectivity index (χ1n) is 10.7. The van der Waals surface area contributed by atoms with Gasteiger partial charge in [-0.15, -0.1) is 0 Å². The summed E-state index contributed by atoms with van der Waals surface area (Å²) in [5.74, 6) is 1.59. The largest absolute Gasteiger partial charge is 0.481 e. The number of carbonyl (C=O) groups is 1. The smallest absolute Gasteiger partial charge is 0.394 e. The van der Waals surface area contributed by atoms with Gasteiger partial charge in [0.15, 0.2) is 5.82 Å². The first kappa shape index (κ1) is 23.9. The first-order chi connectivity index (χ1) is 15.7. The van der Waals surface area contributed by atoms with Crippen LogP contribution in [0.3, 0.4) is 0 Å². The van der Waals surface area contributed by atoms with E-state index < -0.39 is 16.4 Å². The number of carboxylic acid groups (broad SMARTS) is 1. The molecule has 12 heteroatoms. The Morgan fingerprint density at radius 2 is 1.82 bits per heavy atom. The van der Waals surface area contributed by atoms with Crippen LogP contribution in [0.5, 0.6) is 0 Å². The van der Waals surface area contributed by atoms with Gasteiger partial charge in [0, 0.05) is 43.3 Å². The van der Waals surface area contributed by atoms with Crippen molar-refractivity contribution in [2.45, 2.75) is 42.1 Å². The number of carboxylic acids is 1. The lowest BCUT2D eigenvalue weighted by atomic mass is 9.67. The van der Waals surface area contributed by atoms with Crippen molar-refractivity contribution in [1.82, 2.24) is 14.9 Å². The molecule has 3 heterocycles. The molecule has 0 spiro atoms. The molecule has 1 aromatic carbocycles. The topological polar surface area (TPSA) is 153 Å². The number of nitrogens with zero attached hydrogens (tertiary/aromatic N) is 3. The van der Waals surface area contributed by atoms with Gasteiger partial charge in [-0.3, -0.25) is 18.8 Å². The Morgan fingerprint density at radius 3 is 2.48 bits per heavy atom. The van der Waals surface area contributed by atoms with E-state index in [2.05, 4.69) is 38.4 Å². The molecule has 2 fully saturated rings. The molecule has 4 N–H and O–H groups in total. The van der Waals surface area contributed by atoms with Crippen LogP contribution in [0.25, 0.3) is 0 Å². The summed E-state index contributed by atoms with van der Waals surface area (Å²) in [6, 6.07) is 6.59. The number of benzene rings is 1. The third-order valence-corrected chi connectivity index (χ3v) is 7.40. The third kappa shape index (κ3) is 6.42. The summed E-state index contributed by atoms with van der Waals surface area (Å²) in [5, 5.41) is 13.6. The second-order valence-corrected chi connectivity index (χ2v) is 10.5. The van der Waals surface area contributed by atoms with E-state index in [0.29, 0.717) is 24.2 Å². The molecule has 2 atom stereocenters. The van der Waals surface area contributed by atoms with E-state index in [-0.39, 0.29) is 0 Å². The molecule has 33 heavy (non-hydrogen) atoms. The molecule has 0 radical (unpaired) electrons. The van der Waals surface area contributed by atoms with Crippen LogP contribution in [0.2, 0.25) is 0 Å². The van der Waals surface area contributed by atoms with Crippen molar-refractivity contribution in [3.8, 4) is 0 Å². The van der Waals surface area contributed by atoms with Gasteiger partial charge >= 0.3 is 16.4 Å². The predicted molar refractivity (Wildman–Crippen MR) is 122 cm³/mol. The van der Waals surface area contributed by atoms with Crippen LogP contribution < -0.4 is 5.32 Å². The summed E-state index contributed by atoms with van der Waals surface area (Å²) in [5.41, 5.74) is 2.38. The fourth-order valence-electron chi connectivity index (χ4n) is 5.15. The molecule has 2 aliphatic heterocycles. The Hall–Kier alpha value is -2.25. The normalized spacial score (nSPS) is 23.9.